The van der Waals surface area contributed by atoms with Crippen LogP contribution in [0.25, 0.3) is 0 Å². The standard InChI is InChI=1S/C30H53NO12/c1-21(33)31-27-29(42-24(4)36)28(41-23(3)35)26(20-40-22(2)34)43-30(27)39-17-15-13-11-9-7-5-6-8-10-12-14-16-38-19-25(37)18-32/h25-30,32,37H,5-20H2,1-4H3,(H,31,33)/t25-,26-,27-,28+,29-,30-/m1/s1. The van der Waals surface area contributed by atoms with E-state index in [1.54, 1.807) is 0 Å². The maximum atomic E-state index is 12.0. The molecule has 1 rings (SSSR count). The van der Waals surface area contributed by atoms with E-state index in [1.165, 1.54) is 53.4 Å². The number of esters is 3. The highest BCUT2D eigenvalue weighted by atomic mass is 16.7. The minimum atomic E-state index is -1.14. The number of aliphatic hydroxyl groups is 2. The Hall–Kier alpha value is -2.32. The van der Waals surface area contributed by atoms with Crippen LogP contribution in [0.3, 0.4) is 0 Å². The van der Waals surface area contributed by atoms with Crippen LogP contribution in [0.1, 0.15) is 98.3 Å². The van der Waals surface area contributed by atoms with Gasteiger partial charge in [0.15, 0.2) is 18.5 Å². The van der Waals surface area contributed by atoms with Gasteiger partial charge in [0.25, 0.3) is 0 Å². The van der Waals surface area contributed by atoms with Crippen molar-refractivity contribution in [2.45, 2.75) is 135 Å². The van der Waals surface area contributed by atoms with Crippen molar-refractivity contribution < 1.29 is 57.8 Å². The lowest BCUT2D eigenvalue weighted by molar-refractivity contribution is -0.277. The van der Waals surface area contributed by atoms with Crippen molar-refractivity contribution in [3.05, 3.63) is 0 Å². The molecule has 0 radical (unpaired) electrons. The third-order valence-electron chi connectivity index (χ3n) is 6.81. The van der Waals surface area contributed by atoms with Crippen molar-refractivity contribution in [2.24, 2.45) is 0 Å². The van der Waals surface area contributed by atoms with E-state index in [0.29, 0.717) is 13.2 Å². The fourth-order valence-corrected chi connectivity index (χ4v) is 4.80. The van der Waals surface area contributed by atoms with E-state index in [4.69, 9.17) is 33.5 Å². The van der Waals surface area contributed by atoms with Gasteiger partial charge in [0.05, 0.1) is 13.2 Å². The predicted octanol–water partition coefficient (Wildman–Crippen LogP) is 2.32. The first-order chi connectivity index (χ1) is 20.5. The van der Waals surface area contributed by atoms with Crippen LogP contribution in [0.4, 0.5) is 0 Å². The summed E-state index contributed by atoms with van der Waals surface area (Å²) in [6, 6.07) is -0.953. The summed E-state index contributed by atoms with van der Waals surface area (Å²) in [6.45, 7) is 5.52. The zero-order valence-electron chi connectivity index (χ0n) is 26.3. The molecule has 1 heterocycles. The summed E-state index contributed by atoms with van der Waals surface area (Å²) in [5, 5.41) is 20.6. The second kappa shape index (κ2) is 23.1. The number of amides is 1. The molecule has 1 aliphatic rings. The summed E-state index contributed by atoms with van der Waals surface area (Å²) in [7, 11) is 0. The van der Waals surface area contributed by atoms with E-state index in [1.807, 2.05) is 0 Å². The van der Waals surface area contributed by atoms with Gasteiger partial charge in [0, 0.05) is 40.9 Å². The van der Waals surface area contributed by atoms with Crippen molar-refractivity contribution in [1.82, 2.24) is 5.32 Å². The minimum absolute atomic E-state index is 0.182. The molecule has 43 heavy (non-hydrogen) atoms. The van der Waals surface area contributed by atoms with Gasteiger partial charge < -0.3 is 44.0 Å². The quantitative estimate of drug-likeness (QED) is 0.0866. The molecule has 1 aliphatic heterocycles. The largest absolute Gasteiger partial charge is 0.463 e. The molecule has 1 amide bonds. The van der Waals surface area contributed by atoms with E-state index in [-0.39, 0.29) is 19.8 Å². The molecule has 1 saturated heterocycles. The van der Waals surface area contributed by atoms with Crippen molar-refractivity contribution >= 4 is 23.8 Å². The fraction of sp³-hybridized carbons (Fsp3) is 0.867. The Labute approximate surface area is 255 Å². The number of hydrogen-bond donors (Lipinski definition) is 3. The highest BCUT2D eigenvalue weighted by molar-refractivity contribution is 5.73. The van der Waals surface area contributed by atoms with E-state index in [9.17, 15) is 24.3 Å². The summed E-state index contributed by atoms with van der Waals surface area (Å²) in [5.74, 6) is -2.28. The first-order valence-corrected chi connectivity index (χ1v) is 15.4. The Bertz CT molecular complexity index is 810. The Balaban J connectivity index is 2.43. The smallest absolute Gasteiger partial charge is 0.303 e. The normalized spacial score (nSPS) is 22.4. The molecular weight excluding hydrogens is 566 g/mol. The molecule has 13 nitrogen and oxygen atoms in total. The van der Waals surface area contributed by atoms with Crippen LogP contribution < -0.4 is 5.32 Å². The summed E-state index contributed by atoms with van der Waals surface area (Å²) < 4.78 is 33.2. The Kier molecular flexibility index (Phi) is 20.8. The first kappa shape index (κ1) is 38.7. The molecule has 0 spiro atoms. The highest BCUT2D eigenvalue weighted by Gasteiger charge is 2.51. The van der Waals surface area contributed by atoms with E-state index in [0.717, 1.165) is 44.9 Å². The second-order valence-electron chi connectivity index (χ2n) is 10.9. The second-order valence-corrected chi connectivity index (χ2v) is 10.9. The zero-order valence-corrected chi connectivity index (χ0v) is 26.3. The lowest BCUT2D eigenvalue weighted by atomic mass is 9.96. The van der Waals surface area contributed by atoms with E-state index in [2.05, 4.69) is 5.32 Å². The molecule has 0 aromatic rings. The molecule has 13 heteroatoms. The van der Waals surface area contributed by atoms with Crippen molar-refractivity contribution in [2.75, 3.05) is 33.0 Å². The van der Waals surface area contributed by atoms with Crippen LogP contribution in [0.5, 0.6) is 0 Å². The Morgan fingerprint density at radius 2 is 1.26 bits per heavy atom. The third kappa shape index (κ3) is 18.2. The van der Waals surface area contributed by atoms with Crippen molar-refractivity contribution in [3.8, 4) is 0 Å². The van der Waals surface area contributed by atoms with Gasteiger partial charge in [-0.2, -0.15) is 0 Å². The van der Waals surface area contributed by atoms with Gasteiger partial charge in [-0.1, -0.05) is 57.8 Å². The fourth-order valence-electron chi connectivity index (χ4n) is 4.80. The number of nitrogens with one attached hydrogen (secondary N) is 1. The number of rotatable bonds is 23. The average molecular weight is 620 g/mol. The molecule has 250 valence electrons. The number of hydrogen-bond acceptors (Lipinski definition) is 12. The number of ether oxygens (including phenoxy) is 6. The Morgan fingerprint density at radius 3 is 1.74 bits per heavy atom. The van der Waals surface area contributed by atoms with Gasteiger partial charge in [-0.3, -0.25) is 19.2 Å². The zero-order chi connectivity index (χ0) is 32.0. The monoisotopic (exact) mass is 619 g/mol. The van der Waals surface area contributed by atoms with Gasteiger partial charge in [0.2, 0.25) is 5.91 Å². The molecule has 6 atom stereocenters. The summed E-state index contributed by atoms with van der Waals surface area (Å²) in [6.07, 6.45) is 6.78. The molecule has 0 unspecified atom stereocenters. The molecule has 0 aromatic carbocycles. The molecule has 0 saturated carbocycles. The number of unbranched alkanes of at least 4 members (excludes halogenated alkanes) is 10. The number of carbonyl (C=O) groups excluding carboxylic acids is 4. The molecule has 1 fully saturated rings. The SMILES string of the molecule is CC(=O)N[C@H]1[C@H](OCCCCCCCCCCCCCOC[C@H](O)CO)O[C@H](COC(C)=O)[C@H](OC(C)=O)[C@@H]1OC(C)=O. The Morgan fingerprint density at radius 1 is 0.744 bits per heavy atom. The average Bonchev–Trinajstić information content (AvgIpc) is 2.93. The van der Waals surface area contributed by atoms with Crippen LogP contribution in [0.2, 0.25) is 0 Å². The number of aliphatic hydroxyl groups excluding tert-OH is 2. The minimum Gasteiger partial charge on any atom is -0.463 e. The van der Waals surface area contributed by atoms with Crippen molar-refractivity contribution in [3.63, 3.8) is 0 Å². The summed E-state index contributed by atoms with van der Waals surface area (Å²) >= 11 is 0. The van der Waals surface area contributed by atoms with Crippen molar-refractivity contribution in [1.29, 1.82) is 0 Å². The lowest BCUT2D eigenvalue weighted by Gasteiger charge is -2.44. The summed E-state index contributed by atoms with van der Waals surface area (Å²) in [5.41, 5.74) is 0. The van der Waals surface area contributed by atoms with Crippen LogP contribution in [-0.4, -0.2) is 104 Å². The lowest BCUT2D eigenvalue weighted by Crippen LogP contribution is -2.66. The van der Waals surface area contributed by atoms with Gasteiger partial charge in [0.1, 0.15) is 24.9 Å². The topological polar surface area (TPSA) is 176 Å². The van der Waals surface area contributed by atoms with Gasteiger partial charge in [-0.15, -0.1) is 0 Å². The predicted molar refractivity (Wildman–Crippen MR) is 155 cm³/mol. The van der Waals surface area contributed by atoms with E-state index < -0.39 is 60.6 Å². The van der Waals surface area contributed by atoms with Crippen LogP contribution >= 0.6 is 0 Å². The number of carbonyl (C=O) groups is 4. The molecule has 0 bridgehead atoms. The summed E-state index contributed by atoms with van der Waals surface area (Å²) in [4.78, 5) is 47.2. The molecule has 3 N–H and O–H groups in total. The third-order valence-corrected chi connectivity index (χ3v) is 6.81. The maximum absolute atomic E-state index is 12.0. The van der Waals surface area contributed by atoms with Crippen LogP contribution in [0.15, 0.2) is 0 Å². The maximum Gasteiger partial charge on any atom is 0.303 e. The van der Waals surface area contributed by atoms with Crippen LogP contribution in [-0.2, 0) is 47.6 Å². The van der Waals surface area contributed by atoms with Crippen LogP contribution in [0, 0.1) is 0 Å². The first-order valence-electron chi connectivity index (χ1n) is 15.4. The highest BCUT2D eigenvalue weighted by Crippen LogP contribution is 2.28. The molecular formula is C30H53NO12. The van der Waals surface area contributed by atoms with E-state index >= 15 is 0 Å². The molecule has 0 aromatic heterocycles. The molecule has 0 aliphatic carbocycles. The van der Waals surface area contributed by atoms with Gasteiger partial charge >= 0.3 is 17.9 Å². The van der Waals surface area contributed by atoms with Gasteiger partial charge in [-0.05, 0) is 12.8 Å². The van der Waals surface area contributed by atoms with Gasteiger partial charge in [-0.25, -0.2) is 0 Å².